The van der Waals surface area contributed by atoms with Gasteiger partial charge in [-0.15, -0.1) is 0 Å². The van der Waals surface area contributed by atoms with Crippen molar-refractivity contribution < 1.29 is 19.1 Å². The topological polar surface area (TPSA) is 111 Å². The highest BCUT2D eigenvalue weighted by Crippen LogP contribution is 2.10. The summed E-state index contributed by atoms with van der Waals surface area (Å²) in [6.07, 6.45) is 2.34. The van der Waals surface area contributed by atoms with E-state index in [1.165, 1.54) is 0 Å². The van der Waals surface area contributed by atoms with E-state index in [1.807, 2.05) is 50.4 Å². The Morgan fingerprint density at radius 1 is 1.19 bits per heavy atom. The van der Waals surface area contributed by atoms with Crippen molar-refractivity contribution in [1.82, 2.24) is 10.6 Å². The van der Waals surface area contributed by atoms with Crippen LogP contribution in [0.1, 0.15) is 32.3 Å². The van der Waals surface area contributed by atoms with Gasteiger partial charge in [-0.05, 0) is 29.9 Å². The molecular formula is C19H29N3O4S. The van der Waals surface area contributed by atoms with Gasteiger partial charge in [0.15, 0.2) is 0 Å². The Labute approximate surface area is 164 Å². The molecule has 0 saturated heterocycles. The molecule has 7 nitrogen and oxygen atoms in total. The summed E-state index contributed by atoms with van der Waals surface area (Å²) in [6.45, 7) is 3.88. The van der Waals surface area contributed by atoms with E-state index in [0.29, 0.717) is 18.6 Å². The van der Waals surface area contributed by atoms with E-state index in [-0.39, 0.29) is 12.5 Å². The Hall–Kier alpha value is -2.22. The fraction of sp³-hybridized carbons (Fsp3) is 0.526. The van der Waals surface area contributed by atoms with Crippen LogP contribution in [-0.4, -0.2) is 42.0 Å². The molecule has 3 unspecified atom stereocenters. The highest BCUT2D eigenvalue weighted by molar-refractivity contribution is 7.98. The van der Waals surface area contributed by atoms with Gasteiger partial charge in [0.1, 0.15) is 18.7 Å². The first kappa shape index (κ1) is 22.8. The monoisotopic (exact) mass is 395 g/mol. The second kappa shape index (κ2) is 12.2. The molecule has 0 aliphatic carbocycles. The van der Waals surface area contributed by atoms with E-state index in [1.54, 1.807) is 11.8 Å². The minimum Gasteiger partial charge on any atom is -0.445 e. The maximum atomic E-state index is 12.6. The van der Waals surface area contributed by atoms with Crippen molar-refractivity contribution in [2.75, 3.05) is 12.0 Å². The summed E-state index contributed by atoms with van der Waals surface area (Å²) in [7, 11) is 0. The Morgan fingerprint density at radius 3 is 2.41 bits per heavy atom. The lowest BCUT2D eigenvalue weighted by atomic mass is 9.98. The number of thioether (sulfide) groups is 1. The van der Waals surface area contributed by atoms with Gasteiger partial charge in [0.05, 0.1) is 0 Å². The van der Waals surface area contributed by atoms with Crippen LogP contribution in [0.5, 0.6) is 0 Å². The van der Waals surface area contributed by atoms with Crippen molar-refractivity contribution in [1.29, 1.82) is 0 Å². The highest BCUT2D eigenvalue weighted by Gasteiger charge is 2.29. The normalized spacial score (nSPS) is 13.9. The number of amides is 3. The van der Waals surface area contributed by atoms with Crippen molar-refractivity contribution in [2.24, 2.45) is 11.7 Å². The maximum Gasteiger partial charge on any atom is 0.408 e. The second-order valence-corrected chi connectivity index (χ2v) is 7.30. The first-order valence-electron chi connectivity index (χ1n) is 8.94. The molecule has 3 atom stereocenters. The molecule has 0 aliphatic rings. The summed E-state index contributed by atoms with van der Waals surface area (Å²) in [4.78, 5) is 36.3. The summed E-state index contributed by atoms with van der Waals surface area (Å²) < 4.78 is 5.20. The van der Waals surface area contributed by atoms with Gasteiger partial charge in [-0.25, -0.2) is 4.79 Å². The van der Waals surface area contributed by atoms with Crippen molar-refractivity contribution in [2.45, 2.75) is 45.4 Å². The number of rotatable bonds is 11. The lowest BCUT2D eigenvalue weighted by Gasteiger charge is -2.25. The molecule has 4 N–H and O–H groups in total. The average molecular weight is 396 g/mol. The summed E-state index contributed by atoms with van der Waals surface area (Å²) in [5.41, 5.74) is 6.22. The first-order valence-corrected chi connectivity index (χ1v) is 10.3. The van der Waals surface area contributed by atoms with E-state index >= 15 is 0 Å². The third kappa shape index (κ3) is 8.34. The zero-order valence-electron chi connectivity index (χ0n) is 16.1. The number of carbonyl (C=O) groups excluding carboxylic acids is 3. The Morgan fingerprint density at radius 2 is 1.85 bits per heavy atom. The van der Waals surface area contributed by atoms with Crippen LogP contribution in [0.2, 0.25) is 0 Å². The fourth-order valence-electron chi connectivity index (χ4n) is 2.38. The number of nitrogens with one attached hydrogen (secondary N) is 2. The van der Waals surface area contributed by atoms with Crippen LogP contribution < -0.4 is 16.4 Å². The summed E-state index contributed by atoms with van der Waals surface area (Å²) in [5, 5.41) is 5.26. The molecule has 3 amide bonds. The van der Waals surface area contributed by atoms with Crippen LogP contribution in [0.15, 0.2) is 30.3 Å². The van der Waals surface area contributed by atoms with Crippen molar-refractivity contribution >= 4 is 29.7 Å². The van der Waals surface area contributed by atoms with E-state index in [4.69, 9.17) is 10.5 Å². The van der Waals surface area contributed by atoms with Crippen molar-refractivity contribution in [3.63, 3.8) is 0 Å². The summed E-state index contributed by atoms with van der Waals surface area (Å²) >= 11 is 1.56. The van der Waals surface area contributed by atoms with Gasteiger partial charge < -0.3 is 21.1 Å². The van der Waals surface area contributed by atoms with Gasteiger partial charge in [-0.2, -0.15) is 11.8 Å². The second-order valence-electron chi connectivity index (χ2n) is 6.31. The molecule has 1 aromatic carbocycles. The number of hydrogen-bond acceptors (Lipinski definition) is 5. The largest absolute Gasteiger partial charge is 0.445 e. The minimum atomic E-state index is -0.811. The molecule has 8 heteroatoms. The molecule has 0 bridgehead atoms. The van der Waals surface area contributed by atoms with Gasteiger partial charge in [-0.1, -0.05) is 50.6 Å². The van der Waals surface area contributed by atoms with Gasteiger partial charge >= 0.3 is 6.09 Å². The number of hydrogen-bond donors (Lipinski definition) is 3. The van der Waals surface area contributed by atoms with Gasteiger partial charge in [0, 0.05) is 0 Å². The Balaban J connectivity index is 2.68. The predicted octanol–water partition coefficient (Wildman–Crippen LogP) is 2.05. The number of alkyl carbamates (subject to hydrolysis) is 1. The third-order valence-electron chi connectivity index (χ3n) is 4.25. The fourth-order valence-corrected chi connectivity index (χ4v) is 2.85. The molecule has 0 aromatic heterocycles. The lowest BCUT2D eigenvalue weighted by Crippen LogP contribution is -2.55. The molecule has 0 fully saturated rings. The summed E-state index contributed by atoms with van der Waals surface area (Å²) in [6, 6.07) is 7.69. The molecule has 0 aliphatic heterocycles. The van der Waals surface area contributed by atoms with Crippen LogP contribution in [0.4, 0.5) is 4.79 Å². The number of carbonyl (C=O) groups is 3. The van der Waals surface area contributed by atoms with Crippen LogP contribution in [0, 0.1) is 5.92 Å². The standard InChI is InChI=1S/C19H29N3O4S/c1-4-13(2)16(18(24)21-15(17(20)23)10-11-27-3)22-19(25)26-12-14-8-6-5-7-9-14/h5-9,13,15-16H,4,10-12H2,1-3H3,(H2,20,23)(H,21,24)(H,22,25). The maximum absolute atomic E-state index is 12.6. The zero-order valence-corrected chi connectivity index (χ0v) is 16.9. The summed E-state index contributed by atoms with van der Waals surface area (Å²) in [5.74, 6) is -0.477. The molecule has 0 saturated carbocycles. The Bertz CT molecular complexity index is 612. The molecule has 1 rings (SSSR count). The van der Waals surface area contributed by atoms with Gasteiger partial charge in [0.2, 0.25) is 11.8 Å². The molecule has 27 heavy (non-hydrogen) atoms. The molecule has 150 valence electrons. The van der Waals surface area contributed by atoms with Gasteiger partial charge in [0.25, 0.3) is 0 Å². The number of primary amides is 1. The van der Waals surface area contributed by atoms with E-state index in [2.05, 4.69) is 10.6 Å². The zero-order chi connectivity index (χ0) is 20.2. The van der Waals surface area contributed by atoms with Crippen LogP contribution >= 0.6 is 11.8 Å². The van der Waals surface area contributed by atoms with Crippen LogP contribution in [0.25, 0.3) is 0 Å². The lowest BCUT2D eigenvalue weighted by molar-refractivity contribution is -0.129. The number of ether oxygens (including phenoxy) is 1. The SMILES string of the molecule is CCC(C)C(NC(=O)OCc1ccccc1)C(=O)NC(CCSC)C(N)=O. The molecule has 0 heterocycles. The van der Waals surface area contributed by atoms with E-state index < -0.39 is 30.0 Å². The first-order chi connectivity index (χ1) is 12.9. The Kier molecular flexibility index (Phi) is 10.3. The predicted molar refractivity (Wildman–Crippen MR) is 107 cm³/mol. The van der Waals surface area contributed by atoms with Crippen molar-refractivity contribution in [3.8, 4) is 0 Å². The quantitative estimate of drug-likeness (QED) is 0.531. The average Bonchev–Trinajstić information content (AvgIpc) is 2.67. The molecule has 1 aromatic rings. The molecule has 0 spiro atoms. The van der Waals surface area contributed by atoms with E-state index in [9.17, 15) is 14.4 Å². The highest BCUT2D eigenvalue weighted by atomic mass is 32.2. The smallest absolute Gasteiger partial charge is 0.408 e. The van der Waals surface area contributed by atoms with E-state index in [0.717, 1.165) is 5.56 Å². The van der Waals surface area contributed by atoms with Crippen LogP contribution in [-0.2, 0) is 20.9 Å². The third-order valence-corrected chi connectivity index (χ3v) is 4.90. The van der Waals surface area contributed by atoms with Crippen molar-refractivity contribution in [3.05, 3.63) is 35.9 Å². The minimum absolute atomic E-state index is 0.110. The molecular weight excluding hydrogens is 366 g/mol. The van der Waals surface area contributed by atoms with Crippen LogP contribution in [0.3, 0.4) is 0 Å². The number of benzene rings is 1. The number of nitrogens with two attached hydrogens (primary N) is 1. The van der Waals surface area contributed by atoms with Gasteiger partial charge in [-0.3, -0.25) is 9.59 Å². The molecule has 0 radical (unpaired) electrons.